The molecule has 6 nitrogen and oxygen atoms in total. The minimum absolute atomic E-state index is 0.195. The summed E-state index contributed by atoms with van der Waals surface area (Å²) in [4.78, 5) is 30.1. The molecule has 6 heteroatoms. The number of amides is 1. The highest BCUT2D eigenvalue weighted by molar-refractivity contribution is 5.95. The largest absolute Gasteiger partial charge is 0.497 e. The fourth-order valence-electron chi connectivity index (χ4n) is 3.56. The van der Waals surface area contributed by atoms with E-state index in [1.165, 1.54) is 6.07 Å². The number of H-pyrrole nitrogens is 1. The third kappa shape index (κ3) is 4.51. The molecule has 27 heavy (non-hydrogen) atoms. The lowest BCUT2D eigenvalue weighted by Gasteiger charge is -2.32. The van der Waals surface area contributed by atoms with E-state index in [0.717, 1.165) is 30.0 Å². The quantitative estimate of drug-likeness (QED) is 0.878. The van der Waals surface area contributed by atoms with E-state index >= 15 is 0 Å². The van der Waals surface area contributed by atoms with Gasteiger partial charge in [-0.3, -0.25) is 9.59 Å². The van der Waals surface area contributed by atoms with Crippen molar-refractivity contribution in [2.45, 2.75) is 26.7 Å². The van der Waals surface area contributed by atoms with Crippen molar-refractivity contribution >= 4 is 5.91 Å². The minimum atomic E-state index is -0.219. The molecule has 0 radical (unpaired) electrons. The lowest BCUT2D eigenvalue weighted by Crippen LogP contribution is -2.43. The smallest absolute Gasteiger partial charge is 0.259 e. The van der Waals surface area contributed by atoms with Crippen LogP contribution < -0.4 is 14.9 Å². The Balaban J connectivity index is 1.65. The lowest BCUT2D eigenvalue weighted by atomic mass is 9.98. The van der Waals surface area contributed by atoms with Crippen molar-refractivity contribution in [1.82, 2.24) is 9.88 Å². The first kappa shape index (κ1) is 19.0. The van der Waals surface area contributed by atoms with Crippen LogP contribution in [0.1, 0.15) is 34.6 Å². The molecule has 3 rings (SSSR count). The Morgan fingerprint density at radius 2 is 2.04 bits per heavy atom. The molecule has 1 atom stereocenters. The number of hydrogen-bond donors (Lipinski definition) is 1. The normalized spacial score (nSPS) is 16.9. The van der Waals surface area contributed by atoms with Gasteiger partial charge in [0.2, 0.25) is 0 Å². The SMILES string of the molecule is COc1cccc(OC[C@@H]2CCCN(C(=O)c3c(C)[nH]c(C)cc3=O)C2)c1. The van der Waals surface area contributed by atoms with E-state index in [-0.39, 0.29) is 22.8 Å². The molecular weight excluding hydrogens is 344 g/mol. The monoisotopic (exact) mass is 370 g/mol. The van der Waals surface area contributed by atoms with E-state index in [1.807, 2.05) is 31.2 Å². The Kier molecular flexibility index (Phi) is 5.84. The maximum Gasteiger partial charge on any atom is 0.259 e. The first-order chi connectivity index (χ1) is 13.0. The molecule has 2 heterocycles. The van der Waals surface area contributed by atoms with Crippen LogP contribution in [0.3, 0.4) is 0 Å². The number of hydrogen-bond acceptors (Lipinski definition) is 4. The molecule has 1 fully saturated rings. The number of methoxy groups -OCH3 is 1. The predicted octanol–water partition coefficient (Wildman–Crippen LogP) is 2.93. The van der Waals surface area contributed by atoms with Crippen molar-refractivity contribution in [1.29, 1.82) is 0 Å². The summed E-state index contributed by atoms with van der Waals surface area (Å²) in [7, 11) is 1.62. The van der Waals surface area contributed by atoms with Crippen LogP contribution in [0.4, 0.5) is 0 Å². The summed E-state index contributed by atoms with van der Waals surface area (Å²) in [6.07, 6.45) is 1.90. The van der Waals surface area contributed by atoms with Crippen LogP contribution in [-0.2, 0) is 0 Å². The van der Waals surface area contributed by atoms with Crippen molar-refractivity contribution in [2.24, 2.45) is 5.92 Å². The van der Waals surface area contributed by atoms with Crippen LogP contribution in [0.5, 0.6) is 11.5 Å². The number of benzene rings is 1. The van der Waals surface area contributed by atoms with Crippen molar-refractivity contribution < 1.29 is 14.3 Å². The molecule has 1 aromatic heterocycles. The summed E-state index contributed by atoms with van der Waals surface area (Å²) in [5.74, 6) is 1.55. The topological polar surface area (TPSA) is 71.6 Å². The molecule has 1 aliphatic heterocycles. The summed E-state index contributed by atoms with van der Waals surface area (Å²) in [6, 6.07) is 8.98. The van der Waals surface area contributed by atoms with Gasteiger partial charge in [-0.05, 0) is 38.8 Å². The van der Waals surface area contributed by atoms with Gasteiger partial charge in [-0.1, -0.05) is 6.07 Å². The average molecular weight is 370 g/mol. The zero-order valence-corrected chi connectivity index (χ0v) is 16.1. The number of nitrogens with zero attached hydrogens (tertiary/aromatic N) is 1. The van der Waals surface area contributed by atoms with Gasteiger partial charge in [-0.25, -0.2) is 0 Å². The van der Waals surface area contributed by atoms with E-state index < -0.39 is 0 Å². The second-order valence-corrected chi connectivity index (χ2v) is 7.07. The number of aromatic nitrogens is 1. The molecule has 1 N–H and O–H groups in total. The fourth-order valence-corrected chi connectivity index (χ4v) is 3.56. The van der Waals surface area contributed by atoms with E-state index in [4.69, 9.17) is 9.47 Å². The zero-order chi connectivity index (χ0) is 19.4. The highest BCUT2D eigenvalue weighted by Crippen LogP contribution is 2.23. The Bertz CT molecular complexity index is 875. The standard InChI is InChI=1S/C21H26N2O4/c1-14-10-19(24)20(15(2)22-14)21(25)23-9-5-6-16(12-23)13-27-18-8-4-7-17(11-18)26-3/h4,7-8,10-11,16H,5-6,9,12-13H2,1-3H3,(H,22,24)/t16-/m1/s1. The molecule has 0 unspecified atom stereocenters. The maximum atomic E-state index is 12.9. The van der Waals surface area contributed by atoms with Crippen LogP contribution in [0, 0.1) is 19.8 Å². The number of carbonyl (C=O) groups excluding carboxylic acids is 1. The van der Waals surface area contributed by atoms with Gasteiger partial charge in [0.15, 0.2) is 5.43 Å². The summed E-state index contributed by atoms with van der Waals surface area (Å²) in [5.41, 5.74) is 1.41. The zero-order valence-electron chi connectivity index (χ0n) is 16.1. The van der Waals surface area contributed by atoms with Gasteiger partial charge < -0.3 is 19.4 Å². The first-order valence-corrected chi connectivity index (χ1v) is 9.24. The Hall–Kier alpha value is -2.76. The number of rotatable bonds is 5. The number of ether oxygens (including phenoxy) is 2. The molecule has 1 aromatic carbocycles. The molecular formula is C21H26N2O4. The van der Waals surface area contributed by atoms with Crippen molar-refractivity contribution in [3.8, 4) is 11.5 Å². The van der Waals surface area contributed by atoms with E-state index in [2.05, 4.69) is 4.98 Å². The number of likely N-dealkylation sites (tertiary alicyclic amines) is 1. The molecule has 2 aromatic rings. The Morgan fingerprint density at radius 3 is 2.78 bits per heavy atom. The second kappa shape index (κ2) is 8.29. The molecule has 1 amide bonds. The molecule has 0 spiro atoms. The van der Waals surface area contributed by atoms with Gasteiger partial charge in [0.25, 0.3) is 5.91 Å². The van der Waals surface area contributed by atoms with Crippen molar-refractivity contribution in [2.75, 3.05) is 26.8 Å². The van der Waals surface area contributed by atoms with E-state index in [1.54, 1.807) is 18.9 Å². The fraction of sp³-hybridized carbons (Fsp3) is 0.429. The summed E-state index contributed by atoms with van der Waals surface area (Å²) < 4.78 is 11.1. The van der Waals surface area contributed by atoms with Gasteiger partial charge >= 0.3 is 0 Å². The number of carbonyl (C=O) groups is 1. The van der Waals surface area contributed by atoms with Crippen LogP contribution >= 0.6 is 0 Å². The van der Waals surface area contributed by atoms with E-state index in [9.17, 15) is 9.59 Å². The number of nitrogens with one attached hydrogen (secondary N) is 1. The van der Waals surface area contributed by atoms with Gasteiger partial charge in [0.1, 0.15) is 17.1 Å². The maximum absolute atomic E-state index is 12.9. The third-order valence-electron chi connectivity index (χ3n) is 4.90. The Labute approximate surface area is 159 Å². The van der Waals surface area contributed by atoms with Gasteiger partial charge in [0.05, 0.1) is 13.7 Å². The average Bonchev–Trinajstić information content (AvgIpc) is 2.66. The Morgan fingerprint density at radius 1 is 1.26 bits per heavy atom. The highest BCUT2D eigenvalue weighted by Gasteiger charge is 2.27. The lowest BCUT2D eigenvalue weighted by molar-refractivity contribution is 0.0631. The number of aromatic amines is 1. The molecule has 1 saturated heterocycles. The number of pyridine rings is 1. The third-order valence-corrected chi connectivity index (χ3v) is 4.90. The molecule has 0 bridgehead atoms. The summed E-state index contributed by atoms with van der Waals surface area (Å²) in [5, 5.41) is 0. The predicted molar refractivity (Wildman–Crippen MR) is 104 cm³/mol. The summed E-state index contributed by atoms with van der Waals surface area (Å²) >= 11 is 0. The number of piperidine rings is 1. The van der Waals surface area contributed by atoms with Gasteiger partial charge in [-0.15, -0.1) is 0 Å². The summed E-state index contributed by atoms with van der Waals surface area (Å²) in [6.45, 7) is 5.38. The second-order valence-electron chi connectivity index (χ2n) is 7.07. The van der Waals surface area contributed by atoms with Gasteiger partial charge in [-0.2, -0.15) is 0 Å². The minimum Gasteiger partial charge on any atom is -0.497 e. The van der Waals surface area contributed by atoms with Crippen LogP contribution in [0.25, 0.3) is 0 Å². The van der Waals surface area contributed by atoms with Crippen LogP contribution in [0.15, 0.2) is 35.1 Å². The van der Waals surface area contributed by atoms with Crippen molar-refractivity contribution in [3.63, 3.8) is 0 Å². The van der Waals surface area contributed by atoms with E-state index in [0.29, 0.717) is 25.4 Å². The van der Waals surface area contributed by atoms with Crippen molar-refractivity contribution in [3.05, 3.63) is 57.5 Å². The van der Waals surface area contributed by atoms with Crippen LogP contribution in [0.2, 0.25) is 0 Å². The highest BCUT2D eigenvalue weighted by atomic mass is 16.5. The first-order valence-electron chi connectivity index (χ1n) is 9.24. The molecule has 144 valence electrons. The molecule has 1 aliphatic rings. The number of aryl methyl sites for hydroxylation is 2. The molecule has 0 saturated carbocycles. The molecule has 0 aliphatic carbocycles. The van der Waals surface area contributed by atoms with Gasteiger partial charge in [0, 0.05) is 42.5 Å². The van der Waals surface area contributed by atoms with Crippen LogP contribution in [-0.4, -0.2) is 42.6 Å².